The molecule has 0 spiro atoms. The van der Waals surface area contributed by atoms with Crippen LogP contribution in [0.4, 0.5) is 0 Å². The molecule has 0 bridgehead atoms. The van der Waals surface area contributed by atoms with E-state index < -0.39 is 11.7 Å². The first-order valence-corrected chi connectivity index (χ1v) is 10.4. The molecule has 0 saturated carbocycles. The van der Waals surface area contributed by atoms with Crippen molar-refractivity contribution in [3.8, 4) is 0 Å². The molecule has 3 heteroatoms. The van der Waals surface area contributed by atoms with Gasteiger partial charge >= 0.3 is 0 Å². The Balaban J connectivity index is 3.34. The summed E-state index contributed by atoms with van der Waals surface area (Å²) < 4.78 is 5.53. The highest BCUT2D eigenvalue weighted by molar-refractivity contribution is 4.69. The van der Waals surface area contributed by atoms with E-state index in [4.69, 9.17) is 4.74 Å². The predicted octanol–water partition coefficient (Wildman–Crippen LogP) is 5.61. The maximum Gasteiger partial charge on any atom is 0.0824 e. The minimum absolute atomic E-state index is 0.205. The highest BCUT2D eigenvalue weighted by Crippen LogP contribution is 2.15. The van der Waals surface area contributed by atoms with Crippen LogP contribution >= 0.6 is 0 Å². The lowest BCUT2D eigenvalue weighted by molar-refractivity contribution is -0.0865. The molecule has 146 valence electrons. The van der Waals surface area contributed by atoms with Crippen molar-refractivity contribution in [1.82, 2.24) is 0 Å². The number of aliphatic hydroxyl groups is 2. The molecule has 0 heterocycles. The molecule has 0 aliphatic carbocycles. The van der Waals surface area contributed by atoms with Gasteiger partial charge in [0.2, 0.25) is 0 Å². The third-order valence-electron chi connectivity index (χ3n) is 4.59. The number of rotatable bonds is 17. The van der Waals surface area contributed by atoms with Crippen molar-refractivity contribution in [2.24, 2.45) is 0 Å². The zero-order chi connectivity index (χ0) is 18.3. The number of unbranched alkanes of at least 4 members (excludes halogenated alkanes) is 11. The average molecular weight is 345 g/mol. The van der Waals surface area contributed by atoms with Crippen LogP contribution in [0.3, 0.4) is 0 Å². The second-order valence-electron chi connectivity index (χ2n) is 8.07. The van der Waals surface area contributed by atoms with E-state index in [-0.39, 0.29) is 12.7 Å². The van der Waals surface area contributed by atoms with Crippen LogP contribution in [0.15, 0.2) is 0 Å². The van der Waals surface area contributed by atoms with Crippen LogP contribution in [-0.2, 0) is 4.74 Å². The van der Waals surface area contributed by atoms with Gasteiger partial charge in [-0.2, -0.15) is 0 Å². The molecule has 0 amide bonds. The average Bonchev–Trinajstić information content (AvgIpc) is 2.52. The van der Waals surface area contributed by atoms with Crippen LogP contribution in [0.5, 0.6) is 0 Å². The quantitative estimate of drug-likeness (QED) is 0.337. The normalized spacial score (nSPS) is 14.8. The van der Waals surface area contributed by atoms with E-state index in [1.54, 1.807) is 13.8 Å². The van der Waals surface area contributed by atoms with Gasteiger partial charge in [-0.25, -0.2) is 0 Å². The molecule has 24 heavy (non-hydrogen) atoms. The summed E-state index contributed by atoms with van der Waals surface area (Å²) in [6, 6.07) is 0. The SMILES string of the molecule is CCCCCCCCCCCCCCC(O)C(C)OCC(C)(C)O. The van der Waals surface area contributed by atoms with Gasteiger partial charge in [-0.15, -0.1) is 0 Å². The van der Waals surface area contributed by atoms with Crippen LogP contribution in [-0.4, -0.2) is 34.6 Å². The van der Waals surface area contributed by atoms with Crippen molar-refractivity contribution in [2.75, 3.05) is 6.61 Å². The van der Waals surface area contributed by atoms with Crippen molar-refractivity contribution in [3.63, 3.8) is 0 Å². The maximum atomic E-state index is 10.1. The molecule has 0 aromatic heterocycles. The van der Waals surface area contributed by atoms with Gasteiger partial charge < -0.3 is 14.9 Å². The van der Waals surface area contributed by atoms with Gasteiger partial charge in [-0.1, -0.05) is 84.0 Å². The summed E-state index contributed by atoms with van der Waals surface area (Å²) in [4.78, 5) is 0. The third-order valence-corrected chi connectivity index (χ3v) is 4.59. The van der Waals surface area contributed by atoms with E-state index in [1.807, 2.05) is 6.92 Å². The Bertz CT molecular complexity index is 260. The molecule has 2 N–H and O–H groups in total. The van der Waals surface area contributed by atoms with Gasteiger partial charge in [0.15, 0.2) is 0 Å². The standard InChI is InChI=1S/C21H44O3/c1-5-6-7-8-9-10-11-12-13-14-15-16-17-20(22)19(2)24-18-21(3,4)23/h19-20,22-23H,5-18H2,1-4H3. The van der Waals surface area contributed by atoms with Crippen molar-refractivity contribution >= 4 is 0 Å². The summed E-state index contributed by atoms with van der Waals surface area (Å²) in [6.07, 6.45) is 16.2. The smallest absolute Gasteiger partial charge is 0.0824 e. The molecule has 2 unspecified atom stereocenters. The van der Waals surface area contributed by atoms with Crippen LogP contribution in [0.25, 0.3) is 0 Å². The second-order valence-corrected chi connectivity index (χ2v) is 8.07. The van der Waals surface area contributed by atoms with Gasteiger partial charge in [-0.3, -0.25) is 0 Å². The number of ether oxygens (including phenoxy) is 1. The summed E-state index contributed by atoms with van der Waals surface area (Å²) in [5.41, 5.74) is -0.829. The van der Waals surface area contributed by atoms with Crippen molar-refractivity contribution in [1.29, 1.82) is 0 Å². The number of hydrogen-bond acceptors (Lipinski definition) is 3. The summed E-state index contributed by atoms with van der Waals surface area (Å²) in [5.74, 6) is 0. The van der Waals surface area contributed by atoms with Gasteiger partial charge in [-0.05, 0) is 27.2 Å². The Morgan fingerprint density at radius 2 is 1.21 bits per heavy atom. The molecule has 0 saturated heterocycles. The number of aliphatic hydroxyl groups excluding tert-OH is 1. The minimum atomic E-state index is -0.829. The molecule has 0 fully saturated rings. The largest absolute Gasteiger partial charge is 0.390 e. The molecule has 0 aromatic rings. The van der Waals surface area contributed by atoms with E-state index in [0.717, 1.165) is 12.8 Å². The fourth-order valence-corrected chi connectivity index (χ4v) is 2.88. The Kier molecular flexibility index (Phi) is 15.1. The predicted molar refractivity (Wildman–Crippen MR) is 103 cm³/mol. The molecule has 0 aromatic carbocycles. The van der Waals surface area contributed by atoms with Gasteiger partial charge in [0, 0.05) is 0 Å². The van der Waals surface area contributed by atoms with Gasteiger partial charge in [0.25, 0.3) is 0 Å². The summed E-state index contributed by atoms with van der Waals surface area (Å²) >= 11 is 0. The first kappa shape index (κ1) is 23.9. The minimum Gasteiger partial charge on any atom is -0.390 e. The van der Waals surface area contributed by atoms with E-state index in [9.17, 15) is 10.2 Å². The van der Waals surface area contributed by atoms with E-state index in [2.05, 4.69) is 6.92 Å². The topological polar surface area (TPSA) is 49.7 Å². The monoisotopic (exact) mass is 344 g/mol. The van der Waals surface area contributed by atoms with E-state index in [0.29, 0.717) is 0 Å². The van der Waals surface area contributed by atoms with E-state index in [1.165, 1.54) is 70.6 Å². The molecular formula is C21H44O3. The molecule has 2 atom stereocenters. The first-order valence-electron chi connectivity index (χ1n) is 10.4. The Morgan fingerprint density at radius 1 is 0.792 bits per heavy atom. The molecule has 3 nitrogen and oxygen atoms in total. The fraction of sp³-hybridized carbons (Fsp3) is 1.00. The molecule has 0 aliphatic rings. The Labute approximate surface area is 151 Å². The Hall–Kier alpha value is -0.120. The zero-order valence-corrected chi connectivity index (χ0v) is 16.9. The third kappa shape index (κ3) is 16.7. The lowest BCUT2D eigenvalue weighted by Crippen LogP contribution is -2.33. The van der Waals surface area contributed by atoms with Crippen LogP contribution < -0.4 is 0 Å². The highest BCUT2D eigenvalue weighted by Gasteiger charge is 2.19. The maximum absolute atomic E-state index is 10.1. The number of hydrogen-bond donors (Lipinski definition) is 2. The van der Waals surface area contributed by atoms with Crippen LogP contribution in [0, 0.1) is 0 Å². The highest BCUT2D eigenvalue weighted by atomic mass is 16.5. The van der Waals surface area contributed by atoms with E-state index >= 15 is 0 Å². The summed E-state index contributed by atoms with van der Waals surface area (Å²) in [6.45, 7) is 7.86. The lowest BCUT2D eigenvalue weighted by Gasteiger charge is -2.24. The van der Waals surface area contributed by atoms with Crippen LogP contribution in [0.1, 0.15) is 111 Å². The fourth-order valence-electron chi connectivity index (χ4n) is 2.88. The molecule has 0 rings (SSSR count). The van der Waals surface area contributed by atoms with Crippen molar-refractivity contribution in [3.05, 3.63) is 0 Å². The molecular weight excluding hydrogens is 300 g/mol. The first-order chi connectivity index (χ1) is 11.4. The zero-order valence-electron chi connectivity index (χ0n) is 16.9. The molecule has 0 aliphatic heterocycles. The van der Waals surface area contributed by atoms with Crippen molar-refractivity contribution < 1.29 is 14.9 Å². The second kappa shape index (κ2) is 15.2. The molecule has 0 radical (unpaired) electrons. The summed E-state index contributed by atoms with van der Waals surface area (Å²) in [5, 5.41) is 19.7. The van der Waals surface area contributed by atoms with Crippen LogP contribution in [0.2, 0.25) is 0 Å². The van der Waals surface area contributed by atoms with Gasteiger partial charge in [0.05, 0.1) is 24.4 Å². The van der Waals surface area contributed by atoms with Crippen molar-refractivity contribution in [2.45, 2.75) is 129 Å². The Morgan fingerprint density at radius 3 is 1.62 bits per heavy atom. The lowest BCUT2D eigenvalue weighted by atomic mass is 10.0. The summed E-state index contributed by atoms with van der Waals surface area (Å²) in [7, 11) is 0. The van der Waals surface area contributed by atoms with Gasteiger partial charge in [0.1, 0.15) is 0 Å².